The highest BCUT2D eigenvalue weighted by molar-refractivity contribution is 6.05. The van der Waals surface area contributed by atoms with Crippen molar-refractivity contribution >= 4 is 11.6 Å². The van der Waals surface area contributed by atoms with Gasteiger partial charge in [-0.25, -0.2) is 5.01 Å². The second-order valence-electron chi connectivity index (χ2n) is 8.59. The molecule has 0 fully saturated rings. The van der Waals surface area contributed by atoms with Crippen LogP contribution in [0.3, 0.4) is 0 Å². The third-order valence-electron chi connectivity index (χ3n) is 6.13. The highest BCUT2D eigenvalue weighted by atomic mass is 16.5. The smallest absolute Gasteiger partial charge is 0.257 e. The van der Waals surface area contributed by atoms with Gasteiger partial charge < -0.3 is 9.47 Å². The number of carbonyl (C=O) groups excluding carboxylic acids is 1. The number of nitrogens with zero attached hydrogens (tertiary/aromatic N) is 3. The Bertz CT molecular complexity index is 1180. The zero-order valence-corrected chi connectivity index (χ0v) is 20.2. The van der Waals surface area contributed by atoms with Crippen molar-refractivity contribution in [1.29, 1.82) is 0 Å². The fourth-order valence-electron chi connectivity index (χ4n) is 4.40. The van der Waals surface area contributed by atoms with Crippen molar-refractivity contribution in [1.82, 2.24) is 9.91 Å². The number of hydrogen-bond acceptors (Lipinski definition) is 5. The van der Waals surface area contributed by atoms with Gasteiger partial charge in [0.05, 0.1) is 32.5 Å². The lowest BCUT2D eigenvalue weighted by Crippen LogP contribution is -2.36. The number of methoxy groups -OCH3 is 2. The predicted molar refractivity (Wildman–Crippen MR) is 134 cm³/mol. The minimum Gasteiger partial charge on any atom is -0.497 e. The molecule has 0 bridgehead atoms. The monoisotopic (exact) mass is 457 g/mol. The molecular weight excluding hydrogens is 426 g/mol. The Morgan fingerprint density at radius 1 is 1.03 bits per heavy atom. The number of aryl methyl sites for hydroxylation is 1. The van der Waals surface area contributed by atoms with Gasteiger partial charge in [-0.1, -0.05) is 54.6 Å². The summed E-state index contributed by atoms with van der Waals surface area (Å²) in [6.07, 6.45) is 0.613. The third-order valence-corrected chi connectivity index (χ3v) is 6.13. The molecule has 34 heavy (non-hydrogen) atoms. The number of carbonyl (C=O) groups is 1. The summed E-state index contributed by atoms with van der Waals surface area (Å²) in [5, 5.41) is 6.49. The Hall–Kier alpha value is -3.64. The molecule has 6 heteroatoms. The van der Waals surface area contributed by atoms with Gasteiger partial charge in [0.25, 0.3) is 5.91 Å². The molecule has 3 aromatic rings. The number of rotatable bonds is 8. The maximum Gasteiger partial charge on any atom is 0.257 e. The molecule has 1 aliphatic heterocycles. The molecule has 4 rings (SSSR count). The molecule has 0 radical (unpaired) electrons. The molecule has 3 aromatic carbocycles. The lowest BCUT2D eigenvalue weighted by molar-refractivity contribution is -0.134. The largest absolute Gasteiger partial charge is 0.497 e. The Morgan fingerprint density at radius 2 is 1.76 bits per heavy atom. The molecule has 0 saturated carbocycles. The molecule has 0 saturated heterocycles. The number of benzene rings is 3. The summed E-state index contributed by atoms with van der Waals surface area (Å²) in [4.78, 5) is 15.5. The highest BCUT2D eigenvalue weighted by Crippen LogP contribution is 2.37. The summed E-state index contributed by atoms with van der Waals surface area (Å²) in [5.41, 5.74) is 5.11. The first-order valence-electron chi connectivity index (χ1n) is 11.4. The summed E-state index contributed by atoms with van der Waals surface area (Å²) in [7, 11) is 5.22. The maximum absolute atomic E-state index is 13.5. The first-order chi connectivity index (χ1) is 16.5. The molecule has 6 nitrogen and oxygen atoms in total. The highest BCUT2D eigenvalue weighted by Gasteiger charge is 2.35. The predicted octanol–water partition coefficient (Wildman–Crippen LogP) is 4.82. The van der Waals surface area contributed by atoms with E-state index >= 15 is 0 Å². The normalized spacial score (nSPS) is 15.4. The molecule has 0 aromatic heterocycles. The molecule has 1 aliphatic rings. The average Bonchev–Trinajstić information content (AvgIpc) is 3.29. The van der Waals surface area contributed by atoms with E-state index in [-0.39, 0.29) is 18.5 Å². The first kappa shape index (κ1) is 23.5. The topological polar surface area (TPSA) is 54.4 Å². The molecule has 176 valence electrons. The summed E-state index contributed by atoms with van der Waals surface area (Å²) in [6.45, 7) is 3.04. The Balaban J connectivity index is 1.63. The van der Waals surface area contributed by atoms with Crippen LogP contribution in [0.15, 0.2) is 77.9 Å². The molecule has 0 spiro atoms. The summed E-state index contributed by atoms with van der Waals surface area (Å²) in [5.74, 6) is 1.36. The molecule has 1 atom stereocenters. The number of hydrogen-bond donors (Lipinski definition) is 0. The van der Waals surface area contributed by atoms with E-state index in [9.17, 15) is 4.79 Å². The third kappa shape index (κ3) is 5.13. The fourth-order valence-corrected chi connectivity index (χ4v) is 4.40. The van der Waals surface area contributed by atoms with Crippen molar-refractivity contribution in [2.45, 2.75) is 25.9 Å². The van der Waals surface area contributed by atoms with Gasteiger partial charge in [-0.15, -0.1) is 0 Å². The molecule has 0 aliphatic carbocycles. The SMILES string of the molecule is COc1ccc(C2=NN(C(=O)CN(C)Cc3ccccc3)[C@H](c3ccccc3C)C2)c(OC)c1. The van der Waals surface area contributed by atoms with Gasteiger partial charge in [0.15, 0.2) is 0 Å². The van der Waals surface area contributed by atoms with Gasteiger partial charge in [0.1, 0.15) is 11.5 Å². The quantitative estimate of drug-likeness (QED) is 0.487. The molecule has 0 unspecified atom stereocenters. The van der Waals surface area contributed by atoms with Gasteiger partial charge in [-0.3, -0.25) is 9.69 Å². The van der Waals surface area contributed by atoms with E-state index in [1.54, 1.807) is 19.2 Å². The van der Waals surface area contributed by atoms with Crippen LogP contribution in [0.1, 0.15) is 34.7 Å². The van der Waals surface area contributed by atoms with E-state index in [4.69, 9.17) is 14.6 Å². The van der Waals surface area contributed by atoms with Crippen LogP contribution >= 0.6 is 0 Å². The zero-order chi connectivity index (χ0) is 24.1. The van der Waals surface area contributed by atoms with Crippen molar-refractivity contribution < 1.29 is 14.3 Å². The van der Waals surface area contributed by atoms with Crippen LogP contribution < -0.4 is 9.47 Å². The summed E-state index contributed by atoms with van der Waals surface area (Å²) in [6, 6.07) is 23.9. The summed E-state index contributed by atoms with van der Waals surface area (Å²) < 4.78 is 11.0. The number of amides is 1. The van der Waals surface area contributed by atoms with E-state index in [0.29, 0.717) is 24.5 Å². The first-order valence-corrected chi connectivity index (χ1v) is 11.4. The van der Waals surface area contributed by atoms with E-state index in [0.717, 1.165) is 22.4 Å². The van der Waals surface area contributed by atoms with Crippen LogP contribution in [-0.2, 0) is 11.3 Å². The van der Waals surface area contributed by atoms with Crippen LogP contribution in [0.5, 0.6) is 11.5 Å². The minimum absolute atomic E-state index is 0.0332. The van der Waals surface area contributed by atoms with Crippen molar-refractivity contribution in [3.05, 3.63) is 95.1 Å². The van der Waals surface area contributed by atoms with Gasteiger partial charge in [-0.2, -0.15) is 5.10 Å². The van der Waals surface area contributed by atoms with E-state index in [2.05, 4.69) is 31.2 Å². The zero-order valence-electron chi connectivity index (χ0n) is 20.2. The fraction of sp³-hybridized carbons (Fsp3) is 0.286. The van der Waals surface area contributed by atoms with Gasteiger partial charge in [0, 0.05) is 24.6 Å². The standard InChI is InChI=1S/C28H31N3O3/c1-20-10-8-9-13-23(20)26-17-25(24-15-14-22(33-3)16-27(24)34-4)29-31(26)28(32)19-30(2)18-21-11-6-5-7-12-21/h5-16,26H,17-19H2,1-4H3/t26-/m0/s1. The lowest BCUT2D eigenvalue weighted by Gasteiger charge is -2.25. The molecule has 1 amide bonds. The van der Waals surface area contributed by atoms with E-state index in [1.165, 1.54) is 5.56 Å². The second kappa shape index (κ2) is 10.5. The van der Waals surface area contributed by atoms with Crippen LogP contribution in [0.4, 0.5) is 0 Å². The van der Waals surface area contributed by atoms with Crippen LogP contribution in [0.25, 0.3) is 0 Å². The van der Waals surface area contributed by atoms with Gasteiger partial charge in [-0.05, 0) is 42.8 Å². The summed E-state index contributed by atoms with van der Waals surface area (Å²) >= 11 is 0. The minimum atomic E-state index is -0.166. The lowest BCUT2D eigenvalue weighted by atomic mass is 9.95. The van der Waals surface area contributed by atoms with Crippen molar-refractivity contribution in [2.75, 3.05) is 27.8 Å². The van der Waals surface area contributed by atoms with E-state index < -0.39 is 0 Å². The van der Waals surface area contributed by atoms with Crippen molar-refractivity contribution in [3.8, 4) is 11.5 Å². The number of hydrazone groups is 1. The van der Waals surface area contributed by atoms with Crippen molar-refractivity contribution in [2.24, 2.45) is 5.10 Å². The van der Waals surface area contributed by atoms with Crippen molar-refractivity contribution in [3.63, 3.8) is 0 Å². The van der Waals surface area contributed by atoms with Gasteiger partial charge >= 0.3 is 0 Å². The van der Waals surface area contributed by atoms with Crippen LogP contribution in [0.2, 0.25) is 0 Å². The Labute approximate surface area is 201 Å². The molecule has 0 N–H and O–H groups in total. The van der Waals surface area contributed by atoms with Crippen LogP contribution in [-0.4, -0.2) is 49.3 Å². The number of ether oxygens (including phenoxy) is 2. The average molecular weight is 458 g/mol. The Morgan fingerprint density at radius 3 is 2.47 bits per heavy atom. The molecular formula is C28H31N3O3. The second-order valence-corrected chi connectivity index (χ2v) is 8.59. The maximum atomic E-state index is 13.5. The molecule has 1 heterocycles. The van der Waals surface area contributed by atoms with Crippen LogP contribution in [0, 0.1) is 6.92 Å². The van der Waals surface area contributed by atoms with Gasteiger partial charge in [0.2, 0.25) is 0 Å². The van der Waals surface area contributed by atoms with E-state index in [1.807, 2.05) is 60.5 Å². The Kier molecular flexibility index (Phi) is 7.28. The number of likely N-dealkylation sites (N-methyl/N-ethyl adjacent to an activating group) is 1.